The number of halogens is 3. The van der Waals surface area contributed by atoms with Gasteiger partial charge in [0.05, 0.1) is 0 Å². The van der Waals surface area contributed by atoms with Crippen molar-refractivity contribution in [2.75, 3.05) is 26.2 Å². The average molecular weight is 437 g/mol. The Morgan fingerprint density at radius 1 is 0.871 bits per heavy atom. The van der Waals surface area contributed by atoms with Gasteiger partial charge in [-0.25, -0.2) is 13.2 Å². The van der Waals surface area contributed by atoms with Crippen molar-refractivity contribution < 1.29 is 22.7 Å². The fourth-order valence-corrected chi connectivity index (χ4v) is 6.40. The molecule has 1 aromatic carbocycles. The van der Waals surface area contributed by atoms with Crippen LogP contribution in [-0.4, -0.2) is 54.0 Å². The second-order valence-electron chi connectivity index (χ2n) is 9.89. The summed E-state index contributed by atoms with van der Waals surface area (Å²) >= 11 is 0. The normalized spacial score (nSPS) is 30.2. The summed E-state index contributed by atoms with van der Waals surface area (Å²) in [4.78, 5) is 17.5. The zero-order valence-corrected chi connectivity index (χ0v) is 17.9. The van der Waals surface area contributed by atoms with E-state index in [0.29, 0.717) is 38.1 Å². The number of carbonyl (C=O) groups excluding carboxylic acids is 1. The quantitative estimate of drug-likeness (QED) is 0.703. The van der Waals surface area contributed by atoms with Crippen molar-refractivity contribution in [3.05, 3.63) is 29.6 Å². The van der Waals surface area contributed by atoms with Crippen LogP contribution in [-0.2, 0) is 4.79 Å². The van der Waals surface area contributed by atoms with Crippen LogP contribution in [0.25, 0.3) is 0 Å². The van der Waals surface area contributed by atoms with E-state index in [0.717, 1.165) is 43.8 Å². The van der Waals surface area contributed by atoms with Gasteiger partial charge in [-0.2, -0.15) is 0 Å². The van der Waals surface area contributed by atoms with Crippen molar-refractivity contribution in [1.82, 2.24) is 9.80 Å². The van der Waals surface area contributed by atoms with Crippen LogP contribution in [0.2, 0.25) is 0 Å². The number of likely N-dealkylation sites (tertiary alicyclic amines) is 2. The van der Waals surface area contributed by atoms with Gasteiger partial charge in [0.1, 0.15) is 11.9 Å². The molecular formula is C24H31F3N2O2. The molecule has 4 aliphatic rings. The van der Waals surface area contributed by atoms with Gasteiger partial charge in [-0.15, -0.1) is 0 Å². The number of rotatable bonds is 4. The van der Waals surface area contributed by atoms with Crippen LogP contribution in [0.4, 0.5) is 13.2 Å². The number of hydrogen-bond acceptors (Lipinski definition) is 3. The minimum absolute atomic E-state index is 0.0827. The molecule has 1 amide bonds. The molecule has 0 N–H and O–H groups in total. The SMILES string of the molecule is O=C(C1CCN(C2C[C@@H]3CC[C@H]2C3)CC1)N1CCC(Oc2c(F)cc(F)cc2F)CC1. The van der Waals surface area contributed by atoms with Crippen LogP contribution < -0.4 is 4.74 Å². The van der Waals surface area contributed by atoms with Crippen LogP contribution in [0, 0.1) is 35.2 Å². The molecular weight excluding hydrogens is 405 g/mol. The Labute approximate surface area is 181 Å². The Bertz CT molecular complexity index is 796. The molecule has 5 rings (SSSR count). The van der Waals surface area contributed by atoms with Gasteiger partial charge in [0.15, 0.2) is 17.4 Å². The third kappa shape index (κ3) is 4.30. The molecule has 31 heavy (non-hydrogen) atoms. The van der Waals surface area contributed by atoms with Crippen molar-refractivity contribution in [2.45, 2.75) is 63.5 Å². The van der Waals surface area contributed by atoms with Crippen molar-refractivity contribution in [2.24, 2.45) is 17.8 Å². The lowest BCUT2D eigenvalue weighted by Gasteiger charge is -2.41. The number of fused-ring (bicyclic) bond motifs is 2. The zero-order chi connectivity index (χ0) is 21.5. The Morgan fingerprint density at radius 2 is 1.55 bits per heavy atom. The van der Waals surface area contributed by atoms with Gasteiger partial charge < -0.3 is 14.5 Å². The molecule has 1 aromatic rings. The highest BCUT2D eigenvalue weighted by atomic mass is 19.1. The number of benzene rings is 1. The number of ether oxygens (including phenoxy) is 1. The number of hydrogen-bond donors (Lipinski definition) is 0. The Hall–Kier alpha value is -1.76. The highest BCUT2D eigenvalue weighted by Gasteiger charge is 2.43. The Kier molecular flexibility index (Phi) is 5.88. The molecule has 2 aliphatic carbocycles. The predicted molar refractivity (Wildman–Crippen MR) is 110 cm³/mol. The first-order chi connectivity index (χ1) is 15.0. The number of nitrogens with zero attached hydrogens (tertiary/aromatic N) is 2. The summed E-state index contributed by atoms with van der Waals surface area (Å²) in [6.07, 6.45) is 8.08. The third-order valence-electron chi connectivity index (χ3n) is 8.05. The summed E-state index contributed by atoms with van der Waals surface area (Å²) in [5, 5.41) is 0. The average Bonchev–Trinajstić information content (AvgIpc) is 3.40. The van der Waals surface area contributed by atoms with E-state index >= 15 is 0 Å². The number of carbonyl (C=O) groups is 1. The van der Waals surface area contributed by atoms with E-state index < -0.39 is 23.2 Å². The van der Waals surface area contributed by atoms with E-state index in [1.165, 1.54) is 25.7 Å². The molecule has 0 radical (unpaired) electrons. The van der Waals surface area contributed by atoms with Gasteiger partial charge in [0.2, 0.25) is 5.91 Å². The fraction of sp³-hybridized carbons (Fsp3) is 0.708. The first kappa shape index (κ1) is 21.1. The summed E-state index contributed by atoms with van der Waals surface area (Å²) in [5.41, 5.74) is 0. The largest absolute Gasteiger partial charge is 0.484 e. The number of piperidine rings is 2. The van der Waals surface area contributed by atoms with Crippen LogP contribution in [0.15, 0.2) is 12.1 Å². The summed E-state index contributed by atoms with van der Waals surface area (Å²) in [6, 6.07) is 2.00. The molecule has 4 fully saturated rings. The molecule has 4 nitrogen and oxygen atoms in total. The standard InChI is InChI=1S/C24H31F3N2O2/c25-18-13-20(26)23(21(27)14-18)31-19-5-9-29(10-6-19)24(30)16-3-7-28(8-4-16)22-12-15-1-2-17(22)11-15/h13-17,19,22H,1-12H2/t15-,17+,22?/m1/s1. The second kappa shape index (κ2) is 8.64. The number of amides is 1. The molecule has 3 atom stereocenters. The summed E-state index contributed by atoms with van der Waals surface area (Å²) in [7, 11) is 0. The molecule has 0 spiro atoms. The molecule has 1 unspecified atom stereocenters. The highest BCUT2D eigenvalue weighted by Crippen LogP contribution is 2.47. The molecule has 170 valence electrons. The van der Waals surface area contributed by atoms with Gasteiger partial charge in [0, 0.05) is 50.0 Å². The minimum Gasteiger partial charge on any atom is -0.484 e. The fourth-order valence-electron chi connectivity index (χ4n) is 6.40. The molecule has 2 saturated carbocycles. The molecule has 2 saturated heterocycles. The first-order valence-electron chi connectivity index (χ1n) is 11.8. The maximum atomic E-state index is 13.8. The smallest absolute Gasteiger partial charge is 0.225 e. The highest BCUT2D eigenvalue weighted by molar-refractivity contribution is 5.79. The van der Waals surface area contributed by atoms with Crippen molar-refractivity contribution in [1.29, 1.82) is 0 Å². The van der Waals surface area contributed by atoms with Gasteiger partial charge in [-0.1, -0.05) is 6.42 Å². The van der Waals surface area contributed by atoms with E-state index in [9.17, 15) is 18.0 Å². The zero-order valence-electron chi connectivity index (χ0n) is 17.9. The van der Waals surface area contributed by atoms with Crippen molar-refractivity contribution in [3.8, 4) is 5.75 Å². The molecule has 0 aromatic heterocycles. The molecule has 7 heteroatoms. The molecule has 2 bridgehead atoms. The lowest BCUT2D eigenvalue weighted by Crippen LogP contribution is -2.49. The van der Waals surface area contributed by atoms with E-state index in [1.807, 2.05) is 4.90 Å². The summed E-state index contributed by atoms with van der Waals surface area (Å²) < 4.78 is 46.2. The Balaban J connectivity index is 1.09. The lowest BCUT2D eigenvalue weighted by molar-refractivity contribution is -0.139. The maximum absolute atomic E-state index is 13.8. The maximum Gasteiger partial charge on any atom is 0.225 e. The second-order valence-corrected chi connectivity index (χ2v) is 9.89. The van der Waals surface area contributed by atoms with Crippen molar-refractivity contribution in [3.63, 3.8) is 0 Å². The van der Waals surface area contributed by atoms with Crippen LogP contribution in [0.3, 0.4) is 0 Å². The van der Waals surface area contributed by atoms with Gasteiger partial charge in [-0.05, 0) is 57.0 Å². The van der Waals surface area contributed by atoms with E-state index in [1.54, 1.807) is 0 Å². The van der Waals surface area contributed by atoms with Gasteiger partial charge in [-0.3, -0.25) is 4.79 Å². The predicted octanol–water partition coefficient (Wildman–Crippen LogP) is 4.37. The lowest BCUT2D eigenvalue weighted by atomic mass is 9.89. The Morgan fingerprint density at radius 3 is 2.13 bits per heavy atom. The van der Waals surface area contributed by atoms with Crippen LogP contribution in [0.5, 0.6) is 5.75 Å². The molecule has 2 heterocycles. The van der Waals surface area contributed by atoms with E-state index in [2.05, 4.69) is 4.90 Å². The van der Waals surface area contributed by atoms with Gasteiger partial charge >= 0.3 is 0 Å². The van der Waals surface area contributed by atoms with E-state index in [4.69, 9.17) is 4.74 Å². The van der Waals surface area contributed by atoms with E-state index in [-0.39, 0.29) is 17.9 Å². The first-order valence-corrected chi connectivity index (χ1v) is 11.8. The topological polar surface area (TPSA) is 32.8 Å². The summed E-state index contributed by atoms with van der Waals surface area (Å²) in [6.45, 7) is 3.10. The summed E-state index contributed by atoms with van der Waals surface area (Å²) in [5.74, 6) is -1.43. The van der Waals surface area contributed by atoms with Gasteiger partial charge in [0.25, 0.3) is 0 Å². The van der Waals surface area contributed by atoms with Crippen LogP contribution >= 0.6 is 0 Å². The van der Waals surface area contributed by atoms with Crippen molar-refractivity contribution >= 4 is 5.91 Å². The third-order valence-corrected chi connectivity index (χ3v) is 8.05. The molecule has 2 aliphatic heterocycles. The monoisotopic (exact) mass is 436 g/mol. The van der Waals surface area contributed by atoms with Crippen LogP contribution in [0.1, 0.15) is 51.4 Å². The minimum atomic E-state index is -1.03.